The van der Waals surface area contributed by atoms with E-state index in [9.17, 15) is 9.90 Å². The van der Waals surface area contributed by atoms with Crippen molar-refractivity contribution in [2.45, 2.75) is 38.3 Å². The van der Waals surface area contributed by atoms with Crippen molar-refractivity contribution in [3.8, 4) is 0 Å². The van der Waals surface area contributed by atoms with Crippen molar-refractivity contribution in [2.75, 3.05) is 18.4 Å². The fraction of sp³-hybridized carbons (Fsp3) is 0.421. The Bertz CT molecular complexity index is 672. The number of carbonyl (C=O) groups is 1. The molecule has 0 aliphatic carbocycles. The predicted octanol–water partition coefficient (Wildman–Crippen LogP) is 3.91. The lowest BCUT2D eigenvalue weighted by atomic mass is 10.1. The van der Waals surface area contributed by atoms with Crippen molar-refractivity contribution in [2.24, 2.45) is 0 Å². The summed E-state index contributed by atoms with van der Waals surface area (Å²) in [4.78, 5) is 15.7. The molecule has 2 N–H and O–H groups in total. The molecule has 5 heteroatoms. The first-order valence-corrected chi connectivity index (χ1v) is 9.42. The van der Waals surface area contributed by atoms with Gasteiger partial charge in [-0.15, -0.1) is 11.3 Å². The Kier molecular flexibility index (Phi) is 5.53. The van der Waals surface area contributed by atoms with Gasteiger partial charge in [0.1, 0.15) is 0 Å². The summed E-state index contributed by atoms with van der Waals surface area (Å²) in [5, 5.41) is 15.4. The third kappa shape index (κ3) is 3.97. The Hall–Kier alpha value is -1.85. The summed E-state index contributed by atoms with van der Waals surface area (Å²) in [6.45, 7) is 3.31. The van der Waals surface area contributed by atoms with Crippen LogP contribution in [0.5, 0.6) is 0 Å². The molecule has 1 fully saturated rings. The Balaban J connectivity index is 1.72. The summed E-state index contributed by atoms with van der Waals surface area (Å²) < 4.78 is 0. The maximum absolute atomic E-state index is 12.7. The van der Waals surface area contributed by atoms with Crippen LogP contribution in [0.25, 0.3) is 0 Å². The molecule has 4 nitrogen and oxygen atoms in total. The summed E-state index contributed by atoms with van der Waals surface area (Å²) in [5.41, 5.74) is 1.63. The van der Waals surface area contributed by atoms with E-state index in [1.165, 1.54) is 4.88 Å². The smallest absolute Gasteiger partial charge is 0.254 e. The Morgan fingerprint density at radius 2 is 2.29 bits per heavy atom. The zero-order valence-corrected chi connectivity index (χ0v) is 14.8. The largest absolute Gasteiger partial charge is 0.391 e. The number of thiophene rings is 1. The first-order chi connectivity index (χ1) is 11.7. The number of likely N-dealkylation sites (tertiary alicyclic amines) is 1. The monoisotopic (exact) mass is 344 g/mol. The topological polar surface area (TPSA) is 52.6 Å². The number of aliphatic hydroxyl groups excluding tert-OH is 1. The number of nitrogens with one attached hydrogen (secondary N) is 1. The van der Waals surface area contributed by atoms with Crippen molar-refractivity contribution in [1.82, 2.24) is 4.90 Å². The number of hydrogen-bond donors (Lipinski definition) is 2. The molecule has 0 spiro atoms. The minimum Gasteiger partial charge on any atom is -0.391 e. The maximum atomic E-state index is 12.7. The lowest BCUT2D eigenvalue weighted by Gasteiger charge is -2.30. The summed E-state index contributed by atoms with van der Waals surface area (Å²) in [5.74, 6) is 0.00146. The lowest BCUT2D eigenvalue weighted by Crippen LogP contribution is -2.42. The fourth-order valence-electron chi connectivity index (χ4n) is 3.13. The molecule has 2 atom stereocenters. The second kappa shape index (κ2) is 7.81. The van der Waals surface area contributed by atoms with Crippen LogP contribution in [0, 0.1) is 0 Å². The number of amides is 1. The number of aliphatic hydroxyl groups is 1. The van der Waals surface area contributed by atoms with E-state index >= 15 is 0 Å². The summed E-state index contributed by atoms with van der Waals surface area (Å²) >= 11 is 1.74. The molecule has 1 aromatic carbocycles. The van der Waals surface area contributed by atoms with Crippen LogP contribution in [0.4, 0.5) is 5.69 Å². The van der Waals surface area contributed by atoms with E-state index in [1.54, 1.807) is 16.2 Å². The highest BCUT2D eigenvalue weighted by Gasteiger charge is 2.23. The van der Waals surface area contributed by atoms with Gasteiger partial charge in [-0.1, -0.05) is 19.1 Å². The second-order valence-electron chi connectivity index (χ2n) is 6.25. The van der Waals surface area contributed by atoms with Gasteiger partial charge in [0.05, 0.1) is 12.1 Å². The van der Waals surface area contributed by atoms with E-state index in [0.717, 1.165) is 31.5 Å². The average molecular weight is 344 g/mol. The number of hydrogen-bond acceptors (Lipinski definition) is 4. The van der Waals surface area contributed by atoms with Crippen LogP contribution in [0.1, 0.15) is 47.5 Å². The number of β-amino-alcohol motifs (C(OH)–C–C–N with tert-alkyl or cyclic N) is 1. The number of piperidine rings is 1. The molecule has 2 heterocycles. The molecular weight excluding hydrogens is 320 g/mol. The SMILES string of the molecule is CCC(Nc1cccc(C(=O)N2CCCC(O)C2)c1)c1cccs1. The molecule has 1 saturated heterocycles. The van der Waals surface area contributed by atoms with Crippen molar-refractivity contribution >= 4 is 22.9 Å². The summed E-state index contributed by atoms with van der Waals surface area (Å²) in [7, 11) is 0. The van der Waals surface area contributed by atoms with Gasteiger partial charge in [0, 0.05) is 29.2 Å². The first-order valence-electron chi connectivity index (χ1n) is 8.54. The van der Waals surface area contributed by atoms with Gasteiger partial charge in [0.15, 0.2) is 0 Å². The van der Waals surface area contributed by atoms with Gasteiger partial charge >= 0.3 is 0 Å². The van der Waals surface area contributed by atoms with Gasteiger partial charge in [-0.05, 0) is 48.9 Å². The second-order valence-corrected chi connectivity index (χ2v) is 7.23. The number of nitrogens with zero attached hydrogens (tertiary/aromatic N) is 1. The molecule has 2 aromatic rings. The molecule has 3 rings (SSSR count). The highest BCUT2D eigenvalue weighted by molar-refractivity contribution is 7.10. The van der Waals surface area contributed by atoms with E-state index in [4.69, 9.17) is 0 Å². The van der Waals surface area contributed by atoms with Crippen LogP contribution < -0.4 is 5.32 Å². The molecule has 128 valence electrons. The van der Waals surface area contributed by atoms with E-state index in [-0.39, 0.29) is 11.9 Å². The number of rotatable bonds is 5. The fourth-order valence-corrected chi connectivity index (χ4v) is 3.99. The van der Waals surface area contributed by atoms with Crippen LogP contribution in [0.2, 0.25) is 0 Å². The highest BCUT2D eigenvalue weighted by Crippen LogP contribution is 2.27. The Morgan fingerprint density at radius 1 is 1.42 bits per heavy atom. The number of anilines is 1. The van der Waals surface area contributed by atoms with Crippen molar-refractivity contribution in [3.63, 3.8) is 0 Å². The van der Waals surface area contributed by atoms with Gasteiger partial charge in [0.25, 0.3) is 5.91 Å². The van der Waals surface area contributed by atoms with Crippen molar-refractivity contribution in [3.05, 3.63) is 52.2 Å². The summed E-state index contributed by atoms with van der Waals surface area (Å²) in [6, 6.07) is 12.1. The van der Waals surface area contributed by atoms with Crippen LogP contribution in [0.15, 0.2) is 41.8 Å². The van der Waals surface area contributed by atoms with Crippen LogP contribution in [0.3, 0.4) is 0 Å². The Morgan fingerprint density at radius 3 is 3.00 bits per heavy atom. The van der Waals surface area contributed by atoms with E-state index < -0.39 is 6.10 Å². The molecular formula is C19H24N2O2S. The van der Waals surface area contributed by atoms with Gasteiger partial charge in [0.2, 0.25) is 0 Å². The third-order valence-electron chi connectivity index (χ3n) is 4.43. The normalized spacial score (nSPS) is 19.1. The molecule has 0 radical (unpaired) electrons. The Labute approximate surface area is 147 Å². The molecule has 0 saturated carbocycles. The lowest BCUT2D eigenvalue weighted by molar-refractivity contribution is 0.0474. The van der Waals surface area contributed by atoms with Gasteiger partial charge in [-0.3, -0.25) is 4.79 Å². The molecule has 1 amide bonds. The molecule has 1 aliphatic heterocycles. The standard InChI is InChI=1S/C19H24N2O2S/c1-2-17(18-9-5-11-24-18)20-15-7-3-6-14(12-15)19(23)21-10-4-8-16(22)13-21/h3,5-7,9,11-12,16-17,20,22H,2,4,8,10,13H2,1H3. The number of carbonyl (C=O) groups excluding carboxylic acids is 1. The summed E-state index contributed by atoms with van der Waals surface area (Å²) in [6.07, 6.45) is 2.23. The minimum absolute atomic E-state index is 0.00146. The van der Waals surface area contributed by atoms with E-state index in [2.05, 4.69) is 29.8 Å². The van der Waals surface area contributed by atoms with E-state index in [0.29, 0.717) is 12.1 Å². The zero-order chi connectivity index (χ0) is 16.9. The predicted molar refractivity (Wildman–Crippen MR) is 98.6 cm³/mol. The molecule has 24 heavy (non-hydrogen) atoms. The maximum Gasteiger partial charge on any atom is 0.254 e. The molecule has 0 bridgehead atoms. The molecule has 1 aromatic heterocycles. The van der Waals surface area contributed by atoms with Crippen LogP contribution >= 0.6 is 11.3 Å². The van der Waals surface area contributed by atoms with Gasteiger partial charge in [-0.25, -0.2) is 0 Å². The quantitative estimate of drug-likeness (QED) is 0.865. The average Bonchev–Trinajstić information content (AvgIpc) is 3.13. The minimum atomic E-state index is -0.396. The number of benzene rings is 1. The van der Waals surface area contributed by atoms with Crippen molar-refractivity contribution < 1.29 is 9.90 Å². The first kappa shape index (κ1) is 17.0. The molecule has 2 unspecified atom stereocenters. The van der Waals surface area contributed by atoms with E-state index in [1.807, 2.05) is 24.3 Å². The van der Waals surface area contributed by atoms with Crippen LogP contribution in [-0.4, -0.2) is 35.1 Å². The van der Waals surface area contributed by atoms with Crippen LogP contribution in [-0.2, 0) is 0 Å². The third-order valence-corrected chi connectivity index (χ3v) is 5.42. The van der Waals surface area contributed by atoms with Gasteiger partial charge in [-0.2, -0.15) is 0 Å². The van der Waals surface area contributed by atoms with Gasteiger partial charge < -0.3 is 15.3 Å². The molecule has 1 aliphatic rings. The highest BCUT2D eigenvalue weighted by atomic mass is 32.1. The zero-order valence-electron chi connectivity index (χ0n) is 13.9. The van der Waals surface area contributed by atoms with Crippen molar-refractivity contribution in [1.29, 1.82) is 0 Å².